The lowest BCUT2D eigenvalue weighted by Gasteiger charge is -2.14. The Morgan fingerprint density at radius 1 is 1.21 bits per heavy atom. The molecule has 3 aromatic rings. The Morgan fingerprint density at radius 2 is 2.04 bits per heavy atom. The van der Waals surface area contributed by atoms with Gasteiger partial charge in [-0.15, -0.1) is 0 Å². The number of ether oxygens (including phenoxy) is 1. The maximum absolute atomic E-state index is 12.5. The van der Waals surface area contributed by atoms with Gasteiger partial charge in [-0.3, -0.25) is 9.36 Å². The van der Waals surface area contributed by atoms with Crippen LogP contribution < -0.4 is 5.56 Å². The van der Waals surface area contributed by atoms with Crippen molar-refractivity contribution >= 4 is 10.9 Å². The van der Waals surface area contributed by atoms with Crippen LogP contribution in [0.25, 0.3) is 10.9 Å². The van der Waals surface area contributed by atoms with E-state index < -0.39 is 0 Å². The molecule has 0 spiro atoms. The highest BCUT2D eigenvalue weighted by Gasteiger charge is 2.13. The fourth-order valence-corrected chi connectivity index (χ4v) is 2.41. The summed E-state index contributed by atoms with van der Waals surface area (Å²) in [4.78, 5) is 21.2. The van der Waals surface area contributed by atoms with E-state index in [4.69, 9.17) is 4.74 Å². The lowest BCUT2D eigenvalue weighted by atomic mass is 10.1. The van der Waals surface area contributed by atoms with Gasteiger partial charge in [-0.25, -0.2) is 9.97 Å². The lowest BCUT2D eigenvalue weighted by molar-refractivity contribution is 0.108. The van der Waals surface area contributed by atoms with Crippen molar-refractivity contribution in [3.05, 3.63) is 70.0 Å². The summed E-state index contributed by atoms with van der Waals surface area (Å²) in [5, 5.41) is 0.563. The Labute approximate surface area is 140 Å². The minimum Gasteiger partial charge on any atom is -0.374 e. The third kappa shape index (κ3) is 3.05. The van der Waals surface area contributed by atoms with Crippen LogP contribution in [0, 0.1) is 11.8 Å². The first-order chi connectivity index (χ1) is 11.6. The summed E-state index contributed by atoms with van der Waals surface area (Å²) >= 11 is 0. The molecule has 120 valence electrons. The second-order valence-corrected chi connectivity index (χ2v) is 5.41. The SMILES string of the molecule is COC(C)c1nc2cc(C#Cc3ccccn3)ccc2c(=O)n1C. The van der Waals surface area contributed by atoms with Gasteiger partial charge in [0.05, 0.1) is 10.9 Å². The molecule has 0 aliphatic carbocycles. The average molecular weight is 319 g/mol. The summed E-state index contributed by atoms with van der Waals surface area (Å²) < 4.78 is 6.82. The molecule has 0 amide bonds. The van der Waals surface area contributed by atoms with Crippen LogP contribution in [0.5, 0.6) is 0 Å². The number of hydrogen-bond acceptors (Lipinski definition) is 4. The standard InChI is InChI=1S/C19H17N3O2/c1-13(24-3)18-21-17-12-14(7-9-15-6-4-5-11-20-15)8-10-16(17)19(23)22(18)2/h4-6,8,10-13H,1-3H3. The van der Waals surface area contributed by atoms with E-state index >= 15 is 0 Å². The number of rotatable bonds is 2. The van der Waals surface area contributed by atoms with Gasteiger partial charge in [0.1, 0.15) is 17.6 Å². The van der Waals surface area contributed by atoms with Gasteiger partial charge in [-0.2, -0.15) is 0 Å². The summed E-state index contributed by atoms with van der Waals surface area (Å²) in [6, 6.07) is 11.0. The zero-order valence-electron chi connectivity index (χ0n) is 13.8. The second kappa shape index (κ2) is 6.65. The van der Waals surface area contributed by atoms with Crippen molar-refractivity contribution in [2.24, 2.45) is 7.05 Å². The first kappa shape index (κ1) is 15.9. The molecule has 5 heteroatoms. The number of hydrogen-bond donors (Lipinski definition) is 0. The van der Waals surface area contributed by atoms with Gasteiger partial charge in [-0.1, -0.05) is 12.0 Å². The normalized spacial score (nSPS) is 11.8. The van der Waals surface area contributed by atoms with E-state index in [1.807, 2.05) is 37.3 Å². The number of fused-ring (bicyclic) bond motifs is 1. The Bertz CT molecular complexity index is 998. The van der Waals surface area contributed by atoms with Crippen LogP contribution in [0.3, 0.4) is 0 Å². The summed E-state index contributed by atoms with van der Waals surface area (Å²) in [6.45, 7) is 1.86. The van der Waals surface area contributed by atoms with E-state index in [0.717, 1.165) is 5.56 Å². The van der Waals surface area contributed by atoms with Gasteiger partial charge in [0.15, 0.2) is 0 Å². The molecule has 2 heterocycles. The van der Waals surface area contributed by atoms with Crippen LogP contribution in [-0.2, 0) is 11.8 Å². The maximum atomic E-state index is 12.5. The van der Waals surface area contributed by atoms with Crippen LogP contribution in [0.1, 0.15) is 30.1 Å². The van der Waals surface area contributed by atoms with Crippen molar-refractivity contribution in [3.63, 3.8) is 0 Å². The third-order valence-electron chi connectivity index (χ3n) is 3.83. The van der Waals surface area contributed by atoms with Gasteiger partial charge < -0.3 is 4.74 Å². The van der Waals surface area contributed by atoms with Crippen molar-refractivity contribution in [3.8, 4) is 11.8 Å². The molecule has 0 saturated heterocycles. The van der Waals surface area contributed by atoms with E-state index in [9.17, 15) is 4.79 Å². The molecular formula is C19H17N3O2. The fraction of sp³-hybridized carbons (Fsp3) is 0.211. The van der Waals surface area contributed by atoms with Gasteiger partial charge in [0.25, 0.3) is 5.56 Å². The molecule has 0 radical (unpaired) electrons. The molecule has 0 aliphatic rings. The molecule has 2 aromatic heterocycles. The summed E-state index contributed by atoms with van der Waals surface area (Å²) in [5.74, 6) is 6.65. The molecule has 0 N–H and O–H groups in total. The van der Waals surface area contributed by atoms with Crippen LogP contribution in [-0.4, -0.2) is 21.6 Å². The molecule has 5 nitrogen and oxygen atoms in total. The molecular weight excluding hydrogens is 302 g/mol. The van der Waals surface area contributed by atoms with Crippen molar-refractivity contribution in [1.82, 2.24) is 14.5 Å². The van der Waals surface area contributed by atoms with E-state index in [2.05, 4.69) is 21.8 Å². The Kier molecular flexibility index (Phi) is 4.41. The monoisotopic (exact) mass is 319 g/mol. The second-order valence-electron chi connectivity index (χ2n) is 5.41. The molecule has 1 atom stereocenters. The number of methoxy groups -OCH3 is 1. The zero-order valence-corrected chi connectivity index (χ0v) is 13.8. The van der Waals surface area contributed by atoms with E-state index in [1.165, 1.54) is 4.57 Å². The van der Waals surface area contributed by atoms with Gasteiger partial charge >= 0.3 is 0 Å². The quantitative estimate of drug-likeness (QED) is 0.681. The lowest BCUT2D eigenvalue weighted by Crippen LogP contribution is -2.24. The van der Waals surface area contributed by atoms with Crippen molar-refractivity contribution in [2.75, 3.05) is 7.11 Å². The molecule has 1 unspecified atom stereocenters. The molecule has 0 fully saturated rings. The zero-order chi connectivity index (χ0) is 17.1. The predicted molar refractivity (Wildman–Crippen MR) is 92.6 cm³/mol. The van der Waals surface area contributed by atoms with Gasteiger partial charge in [0.2, 0.25) is 0 Å². The van der Waals surface area contributed by atoms with Crippen LogP contribution >= 0.6 is 0 Å². The first-order valence-electron chi connectivity index (χ1n) is 7.56. The van der Waals surface area contributed by atoms with E-state index in [0.29, 0.717) is 22.4 Å². The number of nitrogens with zero attached hydrogens (tertiary/aromatic N) is 3. The van der Waals surface area contributed by atoms with Gasteiger partial charge in [-0.05, 0) is 43.2 Å². The van der Waals surface area contributed by atoms with Crippen LogP contribution in [0.15, 0.2) is 47.4 Å². The highest BCUT2D eigenvalue weighted by molar-refractivity contribution is 5.79. The van der Waals surface area contributed by atoms with Gasteiger partial charge in [0, 0.05) is 25.9 Å². The van der Waals surface area contributed by atoms with E-state index in [-0.39, 0.29) is 11.7 Å². The van der Waals surface area contributed by atoms with Crippen LogP contribution in [0.2, 0.25) is 0 Å². The predicted octanol–water partition coefficient (Wildman–Crippen LogP) is 2.44. The van der Waals surface area contributed by atoms with Crippen molar-refractivity contribution < 1.29 is 4.74 Å². The largest absolute Gasteiger partial charge is 0.374 e. The van der Waals surface area contributed by atoms with Crippen molar-refractivity contribution in [2.45, 2.75) is 13.0 Å². The molecule has 3 rings (SSSR count). The van der Waals surface area contributed by atoms with E-state index in [1.54, 1.807) is 26.4 Å². The Hall–Kier alpha value is -2.97. The maximum Gasteiger partial charge on any atom is 0.261 e. The minimum absolute atomic E-state index is 0.0943. The number of benzene rings is 1. The summed E-state index contributed by atoms with van der Waals surface area (Å²) in [7, 11) is 3.30. The van der Waals surface area contributed by atoms with Crippen LogP contribution in [0.4, 0.5) is 0 Å². The number of aromatic nitrogens is 3. The summed E-state index contributed by atoms with van der Waals surface area (Å²) in [5.41, 5.74) is 2.00. The highest BCUT2D eigenvalue weighted by Crippen LogP contribution is 2.16. The first-order valence-corrected chi connectivity index (χ1v) is 7.56. The highest BCUT2D eigenvalue weighted by atomic mass is 16.5. The molecule has 24 heavy (non-hydrogen) atoms. The fourth-order valence-electron chi connectivity index (χ4n) is 2.41. The Morgan fingerprint density at radius 3 is 2.75 bits per heavy atom. The topological polar surface area (TPSA) is 57.0 Å². The third-order valence-corrected chi connectivity index (χ3v) is 3.83. The molecule has 0 saturated carbocycles. The smallest absolute Gasteiger partial charge is 0.261 e. The molecule has 0 aliphatic heterocycles. The molecule has 0 bridgehead atoms. The number of pyridine rings is 1. The average Bonchev–Trinajstić information content (AvgIpc) is 2.63. The minimum atomic E-state index is -0.268. The van der Waals surface area contributed by atoms with Crippen molar-refractivity contribution in [1.29, 1.82) is 0 Å². The summed E-state index contributed by atoms with van der Waals surface area (Å²) in [6.07, 6.45) is 1.43. The Balaban J connectivity index is 2.09. The molecule has 1 aromatic carbocycles.